The zero-order valence-corrected chi connectivity index (χ0v) is 9.67. The molecule has 0 aliphatic heterocycles. The maximum absolute atomic E-state index is 5.31. The van der Waals surface area contributed by atoms with Crippen molar-refractivity contribution in [3.05, 3.63) is 23.4 Å². The number of aromatic nitrogens is 1. The minimum absolute atomic E-state index is 0.771. The van der Waals surface area contributed by atoms with Crippen molar-refractivity contribution in [2.75, 3.05) is 12.9 Å². The van der Waals surface area contributed by atoms with E-state index in [4.69, 9.17) is 9.26 Å². The van der Waals surface area contributed by atoms with Crippen molar-refractivity contribution in [3.8, 4) is 5.75 Å². The summed E-state index contributed by atoms with van der Waals surface area (Å²) in [5.74, 6) is 1.60. The van der Waals surface area contributed by atoms with E-state index < -0.39 is 0 Å². The Morgan fingerprint density at radius 2 is 2.27 bits per heavy atom. The van der Waals surface area contributed by atoms with Gasteiger partial charge in [0.25, 0.3) is 0 Å². The highest BCUT2D eigenvalue weighted by Crippen LogP contribution is 2.29. The molecule has 0 amide bonds. The number of hydrogen-bond donors (Lipinski definition) is 1. The third-order valence-corrected chi connectivity index (χ3v) is 2.71. The average molecular weight is 223 g/mol. The van der Waals surface area contributed by atoms with Gasteiger partial charge >= 0.3 is 0 Å². The first-order valence-electron chi connectivity index (χ1n) is 4.80. The average Bonchev–Trinajstić information content (AvgIpc) is 2.64. The van der Waals surface area contributed by atoms with E-state index in [1.807, 2.05) is 19.1 Å². The Kier molecular flexibility index (Phi) is 2.86. The van der Waals surface area contributed by atoms with Gasteiger partial charge in [-0.15, -0.1) is 0 Å². The molecule has 0 aliphatic carbocycles. The number of nitrogens with zero attached hydrogens (tertiary/aromatic N) is 1. The summed E-state index contributed by atoms with van der Waals surface area (Å²) in [6.07, 6.45) is 0.821. The molecule has 2 rings (SSSR count). The Morgan fingerprint density at radius 1 is 1.47 bits per heavy atom. The van der Waals surface area contributed by atoms with Gasteiger partial charge in [0.05, 0.1) is 12.8 Å². The normalized spacial score (nSPS) is 10.9. The van der Waals surface area contributed by atoms with Gasteiger partial charge in [-0.1, -0.05) is 5.16 Å². The molecule has 1 heterocycles. The molecular weight excluding hydrogens is 210 g/mol. The van der Waals surface area contributed by atoms with Crippen LogP contribution in [0.2, 0.25) is 0 Å². The first-order valence-corrected chi connectivity index (χ1v) is 5.44. The number of aryl methyl sites for hydroxylation is 2. The molecule has 0 aliphatic rings. The summed E-state index contributed by atoms with van der Waals surface area (Å²) in [5, 5.41) is 5.10. The van der Waals surface area contributed by atoms with Gasteiger partial charge in [0.1, 0.15) is 5.75 Å². The summed E-state index contributed by atoms with van der Waals surface area (Å²) >= 11 is 4.19. The molecule has 0 atom stereocenters. The van der Waals surface area contributed by atoms with E-state index in [-0.39, 0.29) is 0 Å². The molecule has 80 valence electrons. The lowest BCUT2D eigenvalue weighted by Gasteiger charge is -2.03. The number of rotatable bonds is 3. The van der Waals surface area contributed by atoms with Gasteiger partial charge in [0.2, 0.25) is 0 Å². The standard InChI is InChI=1S/C11H13NO2S/c1-7-10(13-2)4-3-8-9(5-6-15)12-14-11(7)8/h3-4,15H,5-6H2,1-2H3. The van der Waals surface area contributed by atoms with E-state index in [2.05, 4.69) is 17.8 Å². The lowest BCUT2D eigenvalue weighted by Crippen LogP contribution is -1.88. The largest absolute Gasteiger partial charge is 0.496 e. The Hall–Kier alpha value is -1.16. The molecule has 4 heteroatoms. The van der Waals surface area contributed by atoms with Crippen LogP contribution < -0.4 is 4.74 Å². The maximum atomic E-state index is 5.31. The van der Waals surface area contributed by atoms with Crippen molar-refractivity contribution in [1.82, 2.24) is 5.16 Å². The van der Waals surface area contributed by atoms with E-state index in [0.29, 0.717) is 0 Å². The molecule has 0 N–H and O–H groups in total. The van der Waals surface area contributed by atoms with Crippen LogP contribution in [-0.4, -0.2) is 18.0 Å². The lowest BCUT2D eigenvalue weighted by atomic mass is 10.1. The number of fused-ring (bicyclic) bond motifs is 1. The second kappa shape index (κ2) is 4.14. The number of ether oxygens (including phenoxy) is 1. The maximum Gasteiger partial charge on any atom is 0.173 e. The van der Waals surface area contributed by atoms with Crippen LogP contribution in [0.4, 0.5) is 0 Å². The Bertz CT molecular complexity index is 479. The first-order chi connectivity index (χ1) is 7.27. The van der Waals surface area contributed by atoms with Gasteiger partial charge in [0.15, 0.2) is 5.58 Å². The van der Waals surface area contributed by atoms with Crippen molar-refractivity contribution in [2.45, 2.75) is 13.3 Å². The fraction of sp³-hybridized carbons (Fsp3) is 0.364. The molecule has 15 heavy (non-hydrogen) atoms. The van der Waals surface area contributed by atoms with Crippen LogP contribution in [0.15, 0.2) is 16.7 Å². The van der Waals surface area contributed by atoms with E-state index in [9.17, 15) is 0 Å². The SMILES string of the molecule is COc1ccc2c(CCS)noc2c1C. The van der Waals surface area contributed by atoms with Gasteiger partial charge in [-0.3, -0.25) is 0 Å². The molecule has 0 unspecified atom stereocenters. The second-order valence-electron chi connectivity index (χ2n) is 3.37. The van der Waals surface area contributed by atoms with E-state index in [1.165, 1.54) is 0 Å². The zero-order chi connectivity index (χ0) is 10.8. The molecule has 3 nitrogen and oxygen atoms in total. The number of benzene rings is 1. The third kappa shape index (κ3) is 1.69. The fourth-order valence-corrected chi connectivity index (χ4v) is 1.89. The summed E-state index contributed by atoms with van der Waals surface area (Å²) in [6, 6.07) is 3.92. The Balaban J connectivity index is 2.60. The van der Waals surface area contributed by atoms with Crippen LogP contribution in [0.5, 0.6) is 5.75 Å². The summed E-state index contributed by atoms with van der Waals surface area (Å²) in [5.41, 5.74) is 2.77. The number of thiol groups is 1. The molecule has 1 aromatic heterocycles. The molecule has 0 radical (unpaired) electrons. The van der Waals surface area contributed by atoms with Crippen molar-refractivity contribution in [3.63, 3.8) is 0 Å². The first kappa shape index (κ1) is 10.4. The topological polar surface area (TPSA) is 35.3 Å². The zero-order valence-electron chi connectivity index (χ0n) is 8.78. The molecule has 0 saturated heterocycles. The summed E-state index contributed by atoms with van der Waals surface area (Å²) in [6.45, 7) is 1.97. The van der Waals surface area contributed by atoms with Gasteiger partial charge < -0.3 is 9.26 Å². The van der Waals surface area contributed by atoms with Gasteiger partial charge in [0, 0.05) is 17.4 Å². The quantitative estimate of drug-likeness (QED) is 0.812. The summed E-state index contributed by atoms with van der Waals surface area (Å²) in [4.78, 5) is 0. The van der Waals surface area contributed by atoms with Crippen molar-refractivity contribution in [2.24, 2.45) is 0 Å². The number of hydrogen-bond acceptors (Lipinski definition) is 4. The van der Waals surface area contributed by atoms with Crippen LogP contribution in [0.1, 0.15) is 11.3 Å². The van der Waals surface area contributed by atoms with Gasteiger partial charge in [-0.05, 0) is 24.8 Å². The van der Waals surface area contributed by atoms with Crippen molar-refractivity contribution in [1.29, 1.82) is 0 Å². The second-order valence-corrected chi connectivity index (χ2v) is 3.82. The smallest absolute Gasteiger partial charge is 0.173 e. The molecule has 1 aromatic carbocycles. The van der Waals surface area contributed by atoms with Crippen LogP contribution in [0, 0.1) is 6.92 Å². The molecule has 0 spiro atoms. The minimum Gasteiger partial charge on any atom is -0.496 e. The highest BCUT2D eigenvalue weighted by atomic mass is 32.1. The fourth-order valence-electron chi connectivity index (χ4n) is 1.68. The molecule has 0 saturated carbocycles. The van der Waals surface area contributed by atoms with Crippen LogP contribution in [-0.2, 0) is 6.42 Å². The van der Waals surface area contributed by atoms with E-state index in [0.717, 1.165) is 40.1 Å². The van der Waals surface area contributed by atoms with Gasteiger partial charge in [-0.2, -0.15) is 12.6 Å². The monoisotopic (exact) mass is 223 g/mol. The summed E-state index contributed by atoms with van der Waals surface area (Å²) < 4.78 is 10.5. The van der Waals surface area contributed by atoms with Crippen LogP contribution in [0.25, 0.3) is 11.0 Å². The Labute approximate surface area is 93.8 Å². The van der Waals surface area contributed by atoms with E-state index >= 15 is 0 Å². The van der Waals surface area contributed by atoms with Crippen molar-refractivity contribution >= 4 is 23.6 Å². The predicted octanol–water partition coefficient (Wildman–Crippen LogP) is 2.62. The molecule has 2 aromatic rings. The van der Waals surface area contributed by atoms with Gasteiger partial charge in [-0.25, -0.2) is 0 Å². The van der Waals surface area contributed by atoms with E-state index in [1.54, 1.807) is 7.11 Å². The third-order valence-electron chi connectivity index (χ3n) is 2.48. The molecule has 0 fully saturated rings. The number of methoxy groups -OCH3 is 1. The molecule has 0 bridgehead atoms. The Morgan fingerprint density at radius 3 is 2.93 bits per heavy atom. The summed E-state index contributed by atoms with van der Waals surface area (Å²) in [7, 11) is 1.65. The highest BCUT2D eigenvalue weighted by Gasteiger charge is 2.12. The van der Waals surface area contributed by atoms with Crippen molar-refractivity contribution < 1.29 is 9.26 Å². The van der Waals surface area contributed by atoms with Crippen LogP contribution >= 0.6 is 12.6 Å². The highest BCUT2D eigenvalue weighted by molar-refractivity contribution is 7.80. The lowest BCUT2D eigenvalue weighted by molar-refractivity contribution is 0.407. The molecular formula is C11H13NO2S. The minimum atomic E-state index is 0.771. The predicted molar refractivity (Wildman–Crippen MR) is 62.9 cm³/mol. The van der Waals surface area contributed by atoms with Crippen LogP contribution in [0.3, 0.4) is 0 Å².